The summed E-state index contributed by atoms with van der Waals surface area (Å²) in [5, 5.41) is 24.5. The highest BCUT2D eigenvalue weighted by molar-refractivity contribution is 6.21. The van der Waals surface area contributed by atoms with Crippen molar-refractivity contribution in [1.82, 2.24) is 14.8 Å². The molecule has 0 N–H and O–H groups in total. The summed E-state index contributed by atoms with van der Waals surface area (Å²) in [6.45, 7) is 10.0. The maximum Gasteiger partial charge on any atom is 0.291 e. The number of hydrogen-bond donors (Lipinski definition) is 0. The standard InChI is InChI=1S/C28H31N7O/c1-7-9-12-18(8-2)25-32-26-23(17(3)19(15-29)27(36)35(26)33-25)31-21(16-30)24-28(4,5)20-13-10-11-14-22(20)34(24)6/h10-11,13-14,18H,7-9,12H2,1-6H3/b24-21+,31-23?. The van der Waals surface area contributed by atoms with Crippen molar-refractivity contribution < 1.29 is 4.79 Å². The molecule has 0 saturated carbocycles. The van der Waals surface area contributed by atoms with E-state index in [1.807, 2.05) is 36.2 Å². The lowest BCUT2D eigenvalue weighted by atomic mass is 9.83. The quantitative estimate of drug-likeness (QED) is 0.510. The van der Waals surface area contributed by atoms with E-state index in [4.69, 9.17) is 9.98 Å². The number of carbonyl (C=O) groups excluding carboxylic acids is 1. The fourth-order valence-corrected chi connectivity index (χ4v) is 5.24. The fourth-order valence-electron chi connectivity index (χ4n) is 5.24. The Kier molecular flexibility index (Phi) is 6.65. The molecule has 0 bridgehead atoms. The average Bonchev–Trinajstić information content (AvgIpc) is 3.39. The van der Waals surface area contributed by atoms with Gasteiger partial charge in [-0.2, -0.15) is 15.2 Å². The number of aromatic nitrogens is 3. The van der Waals surface area contributed by atoms with Crippen LogP contribution >= 0.6 is 0 Å². The van der Waals surface area contributed by atoms with Gasteiger partial charge < -0.3 is 4.90 Å². The Balaban J connectivity index is 1.93. The number of allylic oxidation sites excluding steroid dienone is 4. The number of hydrogen-bond acceptors (Lipinski definition) is 7. The van der Waals surface area contributed by atoms with Crippen LogP contribution in [0, 0.1) is 22.7 Å². The Morgan fingerprint density at radius 1 is 1.22 bits per heavy atom. The van der Waals surface area contributed by atoms with Gasteiger partial charge in [0.2, 0.25) is 0 Å². The third-order valence-electron chi connectivity index (χ3n) is 7.27. The molecule has 0 amide bonds. The van der Waals surface area contributed by atoms with Crippen LogP contribution in [0.1, 0.15) is 88.2 Å². The number of rotatable bonds is 6. The van der Waals surface area contributed by atoms with Gasteiger partial charge in [-0.05, 0) is 31.4 Å². The SMILES string of the molecule is CCCCC(CC)c1nc2n(n1)C(=O)C(C#N)=C(C)C2=N/C(C#N)=C1/N(C)c2ccccc2C1(C)C. The van der Waals surface area contributed by atoms with Gasteiger partial charge in [0.15, 0.2) is 17.3 Å². The molecule has 2 aliphatic heterocycles. The van der Waals surface area contributed by atoms with Crippen molar-refractivity contribution in [1.29, 1.82) is 10.5 Å². The molecule has 4 rings (SSSR count). The molecule has 0 saturated heterocycles. The molecule has 8 nitrogen and oxygen atoms in total. The lowest BCUT2D eigenvalue weighted by Gasteiger charge is -2.25. The van der Waals surface area contributed by atoms with Crippen molar-refractivity contribution in [3.63, 3.8) is 0 Å². The smallest absolute Gasteiger partial charge is 0.291 e. The lowest BCUT2D eigenvalue weighted by Crippen LogP contribution is -2.29. The number of anilines is 1. The average molecular weight is 482 g/mol. The fraction of sp³-hybridized carbons (Fsp3) is 0.429. The minimum atomic E-state index is -0.509. The van der Waals surface area contributed by atoms with E-state index in [-0.39, 0.29) is 23.0 Å². The second-order valence-corrected chi connectivity index (χ2v) is 9.84. The summed E-state index contributed by atoms with van der Waals surface area (Å²) >= 11 is 0. The third kappa shape index (κ3) is 3.83. The number of nitriles is 2. The zero-order valence-corrected chi connectivity index (χ0v) is 21.8. The molecular weight excluding hydrogens is 450 g/mol. The molecule has 2 aromatic rings. The van der Waals surface area contributed by atoms with E-state index in [1.165, 1.54) is 4.68 Å². The predicted octanol–water partition coefficient (Wildman–Crippen LogP) is 5.41. The molecule has 0 aliphatic carbocycles. The number of nitrogens with zero attached hydrogens (tertiary/aromatic N) is 7. The van der Waals surface area contributed by atoms with Crippen LogP contribution in [0.25, 0.3) is 0 Å². The molecule has 0 spiro atoms. The Morgan fingerprint density at radius 2 is 1.94 bits per heavy atom. The Labute approximate surface area is 212 Å². The molecular formula is C28H31N7O. The second kappa shape index (κ2) is 9.54. The highest BCUT2D eigenvalue weighted by Gasteiger charge is 2.41. The van der Waals surface area contributed by atoms with Gasteiger partial charge >= 0.3 is 0 Å². The molecule has 0 fully saturated rings. The largest absolute Gasteiger partial charge is 0.345 e. The van der Waals surface area contributed by atoms with Crippen LogP contribution in [0.2, 0.25) is 0 Å². The van der Waals surface area contributed by atoms with E-state index in [1.54, 1.807) is 6.92 Å². The number of aliphatic imine (C=N–C) groups is 1. The van der Waals surface area contributed by atoms with E-state index in [2.05, 4.69) is 44.9 Å². The molecule has 0 radical (unpaired) electrons. The first kappa shape index (κ1) is 25.1. The van der Waals surface area contributed by atoms with Gasteiger partial charge in [0.25, 0.3) is 5.91 Å². The summed E-state index contributed by atoms with van der Waals surface area (Å²) in [5.74, 6) is 0.452. The molecule has 2 aliphatic rings. The zero-order valence-electron chi connectivity index (χ0n) is 21.8. The van der Waals surface area contributed by atoms with Gasteiger partial charge in [-0.25, -0.2) is 9.98 Å². The van der Waals surface area contributed by atoms with Crippen molar-refractivity contribution in [2.24, 2.45) is 4.99 Å². The van der Waals surface area contributed by atoms with E-state index in [0.717, 1.165) is 42.6 Å². The van der Waals surface area contributed by atoms with Gasteiger partial charge in [-0.1, -0.05) is 58.7 Å². The number of unbranched alkanes of at least 4 members (excludes halogenated alkanes) is 1. The minimum Gasteiger partial charge on any atom is -0.345 e. The van der Waals surface area contributed by atoms with E-state index in [9.17, 15) is 15.3 Å². The van der Waals surface area contributed by atoms with Crippen LogP contribution < -0.4 is 4.90 Å². The van der Waals surface area contributed by atoms with Crippen LogP contribution in [0.5, 0.6) is 0 Å². The molecule has 184 valence electrons. The van der Waals surface area contributed by atoms with Crippen molar-refractivity contribution in [2.45, 2.75) is 71.6 Å². The van der Waals surface area contributed by atoms with E-state index >= 15 is 0 Å². The minimum absolute atomic E-state index is 0.0380. The molecule has 1 aromatic carbocycles. The highest BCUT2D eigenvalue weighted by Crippen LogP contribution is 2.48. The summed E-state index contributed by atoms with van der Waals surface area (Å²) in [6.07, 6.45) is 3.84. The Hall–Kier alpha value is -4.04. The van der Waals surface area contributed by atoms with Crippen LogP contribution in [-0.2, 0) is 5.41 Å². The number of para-hydroxylation sites is 1. The van der Waals surface area contributed by atoms with Gasteiger partial charge in [0, 0.05) is 29.6 Å². The lowest BCUT2D eigenvalue weighted by molar-refractivity contribution is 0.0941. The first-order valence-corrected chi connectivity index (χ1v) is 12.4. The maximum absolute atomic E-state index is 13.1. The summed E-state index contributed by atoms with van der Waals surface area (Å²) in [6, 6.07) is 12.3. The number of carbonyl (C=O) groups is 1. The van der Waals surface area contributed by atoms with Gasteiger partial charge in [0.05, 0.1) is 5.70 Å². The summed E-state index contributed by atoms with van der Waals surface area (Å²) in [7, 11) is 1.93. The van der Waals surface area contributed by atoms with Crippen molar-refractivity contribution in [3.8, 4) is 12.1 Å². The molecule has 1 aromatic heterocycles. The summed E-state index contributed by atoms with van der Waals surface area (Å²) in [5.41, 5.74) is 3.32. The second-order valence-electron chi connectivity index (χ2n) is 9.84. The number of fused-ring (bicyclic) bond motifs is 2. The highest BCUT2D eigenvalue weighted by atomic mass is 16.2. The number of benzene rings is 1. The first-order valence-electron chi connectivity index (χ1n) is 12.4. The topological polar surface area (TPSA) is 111 Å². The van der Waals surface area contributed by atoms with Crippen molar-refractivity contribution >= 4 is 17.3 Å². The van der Waals surface area contributed by atoms with Gasteiger partial charge in [-0.15, -0.1) is 5.10 Å². The monoisotopic (exact) mass is 481 g/mol. The molecule has 3 heterocycles. The van der Waals surface area contributed by atoms with Crippen molar-refractivity contribution in [2.75, 3.05) is 11.9 Å². The molecule has 36 heavy (non-hydrogen) atoms. The Bertz CT molecular complexity index is 1410. The van der Waals surface area contributed by atoms with Crippen LogP contribution in [0.15, 0.2) is 51.8 Å². The van der Waals surface area contributed by atoms with Crippen LogP contribution in [-0.4, -0.2) is 33.4 Å². The predicted molar refractivity (Wildman–Crippen MR) is 139 cm³/mol. The molecule has 8 heteroatoms. The van der Waals surface area contributed by atoms with Gasteiger partial charge in [0.1, 0.15) is 23.4 Å². The van der Waals surface area contributed by atoms with Gasteiger partial charge in [-0.3, -0.25) is 4.79 Å². The third-order valence-corrected chi connectivity index (χ3v) is 7.27. The number of likely N-dealkylation sites (N-methyl/N-ethyl adjacent to an activating group) is 1. The van der Waals surface area contributed by atoms with Crippen LogP contribution in [0.4, 0.5) is 5.69 Å². The summed E-state index contributed by atoms with van der Waals surface area (Å²) in [4.78, 5) is 24.6. The van der Waals surface area contributed by atoms with E-state index < -0.39 is 11.3 Å². The normalized spacial score (nSPS) is 19.6. The first-order chi connectivity index (χ1) is 17.2. The van der Waals surface area contributed by atoms with Crippen LogP contribution in [0.3, 0.4) is 0 Å². The van der Waals surface area contributed by atoms with E-state index in [0.29, 0.717) is 17.1 Å². The van der Waals surface area contributed by atoms with Crippen molar-refractivity contribution in [3.05, 3.63) is 64.0 Å². The summed E-state index contributed by atoms with van der Waals surface area (Å²) < 4.78 is 1.19. The zero-order chi connectivity index (χ0) is 26.2. The molecule has 1 unspecified atom stereocenters. The molecule has 1 atom stereocenters. The maximum atomic E-state index is 13.1. The Morgan fingerprint density at radius 3 is 2.56 bits per heavy atom.